The number of hydrogen-bond donors (Lipinski definition) is 4. The van der Waals surface area contributed by atoms with E-state index in [1.807, 2.05) is 5.32 Å². The average Bonchev–Trinajstić information content (AvgIpc) is 2.75. The molecular formula is C9H13F2NO6. The second kappa shape index (κ2) is 4.67. The standard InChI is InChI=1S/C9H13F2NO6/c10-6(11)7(16)12-3-4(14)5(15)9(1-13)2-17-8(3)18-9/h3-6,8,13-15H,1-2H2,(H,12,16)/t3-,4-,5-,8+,9+/m1/s1. The maximum atomic E-state index is 12.1. The molecule has 0 aromatic rings. The van der Waals surface area contributed by atoms with Crippen LogP contribution in [-0.2, 0) is 14.3 Å². The van der Waals surface area contributed by atoms with Crippen LogP contribution in [0.2, 0.25) is 0 Å². The molecule has 5 atom stereocenters. The number of halogens is 2. The number of hydrogen-bond acceptors (Lipinski definition) is 6. The number of amides is 1. The fourth-order valence-electron chi connectivity index (χ4n) is 2.08. The Morgan fingerprint density at radius 1 is 1.50 bits per heavy atom. The van der Waals surface area contributed by atoms with Crippen LogP contribution in [0, 0.1) is 0 Å². The minimum atomic E-state index is -3.25. The fraction of sp³-hybridized carbons (Fsp3) is 0.889. The first-order chi connectivity index (χ1) is 8.41. The zero-order chi connectivity index (χ0) is 13.5. The number of aliphatic hydroxyl groups excluding tert-OH is 3. The minimum Gasteiger partial charge on any atom is -0.393 e. The van der Waals surface area contributed by atoms with E-state index >= 15 is 0 Å². The molecule has 104 valence electrons. The normalized spacial score (nSPS) is 43.2. The Balaban J connectivity index is 2.13. The number of alkyl halides is 2. The lowest BCUT2D eigenvalue weighted by molar-refractivity contribution is -0.234. The quantitative estimate of drug-likeness (QED) is 0.454. The van der Waals surface area contributed by atoms with Crippen LogP contribution < -0.4 is 5.32 Å². The predicted octanol–water partition coefficient (Wildman–Crippen LogP) is -2.42. The Morgan fingerprint density at radius 2 is 2.17 bits per heavy atom. The van der Waals surface area contributed by atoms with Crippen molar-refractivity contribution in [3.05, 3.63) is 0 Å². The van der Waals surface area contributed by atoms with Crippen LogP contribution in [0.25, 0.3) is 0 Å². The van der Waals surface area contributed by atoms with Crippen molar-refractivity contribution in [1.29, 1.82) is 0 Å². The van der Waals surface area contributed by atoms with Gasteiger partial charge in [0.15, 0.2) is 6.29 Å². The lowest BCUT2D eigenvalue weighted by atomic mass is 9.88. The number of nitrogens with one attached hydrogen (secondary N) is 1. The van der Waals surface area contributed by atoms with E-state index in [4.69, 9.17) is 14.6 Å². The average molecular weight is 269 g/mol. The molecule has 0 aromatic carbocycles. The highest BCUT2D eigenvalue weighted by atomic mass is 19.3. The van der Waals surface area contributed by atoms with Crippen molar-refractivity contribution in [1.82, 2.24) is 5.32 Å². The Labute approximate surface area is 100 Å². The van der Waals surface area contributed by atoms with Crippen molar-refractivity contribution < 1.29 is 38.4 Å². The first kappa shape index (κ1) is 13.6. The number of carbonyl (C=O) groups is 1. The monoisotopic (exact) mass is 269 g/mol. The third kappa shape index (κ3) is 1.97. The number of carbonyl (C=O) groups excluding carboxylic acids is 1. The third-order valence-corrected chi connectivity index (χ3v) is 3.14. The van der Waals surface area contributed by atoms with Gasteiger partial charge in [0.05, 0.1) is 13.2 Å². The summed E-state index contributed by atoms with van der Waals surface area (Å²) in [5.74, 6) is -1.60. The summed E-state index contributed by atoms with van der Waals surface area (Å²) < 4.78 is 34.4. The molecule has 7 nitrogen and oxygen atoms in total. The second-order valence-electron chi connectivity index (χ2n) is 4.29. The molecule has 1 amide bonds. The van der Waals surface area contributed by atoms with Gasteiger partial charge in [0.1, 0.15) is 23.9 Å². The van der Waals surface area contributed by atoms with Crippen molar-refractivity contribution in [3.63, 3.8) is 0 Å². The molecule has 2 rings (SSSR count). The second-order valence-corrected chi connectivity index (χ2v) is 4.29. The first-order valence-electron chi connectivity index (χ1n) is 5.26. The molecule has 2 fully saturated rings. The fourth-order valence-corrected chi connectivity index (χ4v) is 2.08. The minimum absolute atomic E-state index is 0.201. The molecule has 0 saturated carbocycles. The van der Waals surface area contributed by atoms with Crippen LogP contribution in [0.3, 0.4) is 0 Å². The molecule has 2 aliphatic heterocycles. The van der Waals surface area contributed by atoms with Gasteiger partial charge in [0, 0.05) is 0 Å². The van der Waals surface area contributed by atoms with E-state index in [0.29, 0.717) is 0 Å². The molecule has 2 bridgehead atoms. The summed E-state index contributed by atoms with van der Waals surface area (Å²) in [5.41, 5.74) is -1.48. The maximum Gasteiger partial charge on any atom is 0.315 e. The zero-order valence-corrected chi connectivity index (χ0v) is 9.12. The van der Waals surface area contributed by atoms with Crippen LogP contribution in [0.4, 0.5) is 8.78 Å². The summed E-state index contributed by atoms with van der Waals surface area (Å²) in [6.07, 6.45) is -7.55. The van der Waals surface area contributed by atoms with E-state index in [1.165, 1.54) is 0 Å². The predicted molar refractivity (Wildman–Crippen MR) is 50.6 cm³/mol. The Bertz CT molecular complexity index is 343. The van der Waals surface area contributed by atoms with Gasteiger partial charge in [-0.3, -0.25) is 4.79 Å². The summed E-state index contributed by atoms with van der Waals surface area (Å²) >= 11 is 0. The zero-order valence-electron chi connectivity index (χ0n) is 9.12. The Hall–Kier alpha value is -0.870. The molecular weight excluding hydrogens is 256 g/mol. The van der Waals surface area contributed by atoms with Crippen molar-refractivity contribution >= 4 is 5.91 Å². The largest absolute Gasteiger partial charge is 0.393 e. The van der Waals surface area contributed by atoms with Gasteiger partial charge in [-0.2, -0.15) is 8.78 Å². The van der Waals surface area contributed by atoms with Gasteiger partial charge in [0.2, 0.25) is 0 Å². The van der Waals surface area contributed by atoms with Gasteiger partial charge in [-0.15, -0.1) is 0 Å². The van der Waals surface area contributed by atoms with Crippen LogP contribution >= 0.6 is 0 Å². The molecule has 0 radical (unpaired) electrons. The van der Waals surface area contributed by atoms with Crippen LogP contribution in [0.5, 0.6) is 0 Å². The van der Waals surface area contributed by atoms with E-state index in [2.05, 4.69) is 0 Å². The molecule has 0 aromatic heterocycles. The number of rotatable bonds is 3. The van der Waals surface area contributed by atoms with Gasteiger partial charge in [-0.25, -0.2) is 0 Å². The molecule has 0 unspecified atom stereocenters. The highest BCUT2D eigenvalue weighted by molar-refractivity contribution is 5.79. The number of aliphatic hydroxyl groups is 3. The molecule has 0 aliphatic carbocycles. The lowest BCUT2D eigenvalue weighted by Crippen LogP contribution is -2.66. The lowest BCUT2D eigenvalue weighted by Gasteiger charge is -2.41. The van der Waals surface area contributed by atoms with Crippen LogP contribution in [0.15, 0.2) is 0 Å². The summed E-state index contributed by atoms with van der Waals surface area (Å²) in [6, 6.07) is -1.32. The van der Waals surface area contributed by atoms with Gasteiger partial charge < -0.3 is 30.1 Å². The van der Waals surface area contributed by atoms with Gasteiger partial charge in [-0.1, -0.05) is 0 Å². The molecule has 2 heterocycles. The summed E-state index contributed by atoms with van der Waals surface area (Å²) in [7, 11) is 0. The number of fused-ring (bicyclic) bond motifs is 2. The highest BCUT2D eigenvalue weighted by Crippen LogP contribution is 2.36. The van der Waals surface area contributed by atoms with Gasteiger partial charge >= 0.3 is 6.43 Å². The van der Waals surface area contributed by atoms with Gasteiger partial charge in [0.25, 0.3) is 5.91 Å². The summed E-state index contributed by atoms with van der Waals surface area (Å²) in [6.45, 7) is -0.801. The summed E-state index contributed by atoms with van der Waals surface area (Å²) in [5, 5.41) is 30.5. The van der Waals surface area contributed by atoms with Crippen molar-refractivity contribution in [3.8, 4) is 0 Å². The van der Waals surface area contributed by atoms with E-state index in [9.17, 15) is 23.8 Å². The molecule has 18 heavy (non-hydrogen) atoms. The first-order valence-corrected chi connectivity index (χ1v) is 5.26. The number of ether oxygens (including phenoxy) is 2. The van der Waals surface area contributed by atoms with E-state index in [0.717, 1.165) is 0 Å². The van der Waals surface area contributed by atoms with Crippen LogP contribution in [-0.4, -0.2) is 71.0 Å². The molecule has 0 spiro atoms. The van der Waals surface area contributed by atoms with E-state index in [1.54, 1.807) is 0 Å². The molecule has 2 saturated heterocycles. The molecule has 2 aliphatic rings. The van der Waals surface area contributed by atoms with Gasteiger partial charge in [-0.05, 0) is 0 Å². The summed E-state index contributed by atoms with van der Waals surface area (Å²) in [4.78, 5) is 10.9. The molecule has 9 heteroatoms. The van der Waals surface area contributed by atoms with Crippen molar-refractivity contribution in [2.75, 3.05) is 13.2 Å². The van der Waals surface area contributed by atoms with Crippen LogP contribution in [0.1, 0.15) is 0 Å². The van der Waals surface area contributed by atoms with Crippen molar-refractivity contribution in [2.45, 2.75) is 36.6 Å². The Kier molecular flexibility index (Phi) is 3.52. The smallest absolute Gasteiger partial charge is 0.315 e. The molecule has 4 N–H and O–H groups in total. The third-order valence-electron chi connectivity index (χ3n) is 3.14. The van der Waals surface area contributed by atoms with E-state index in [-0.39, 0.29) is 6.61 Å². The Morgan fingerprint density at radius 3 is 2.72 bits per heavy atom. The maximum absolute atomic E-state index is 12.1. The van der Waals surface area contributed by atoms with Crippen molar-refractivity contribution in [2.24, 2.45) is 0 Å². The highest BCUT2D eigenvalue weighted by Gasteiger charge is 2.59. The topological polar surface area (TPSA) is 108 Å². The van der Waals surface area contributed by atoms with E-state index < -0.39 is 49.1 Å². The SMILES string of the molecule is O=C(N[C@H]1[C@H]2OC[C@](CO)(O2)[C@H](O)[C@@H]1O)C(F)F.